The molecule has 17 heavy (non-hydrogen) atoms. The SMILES string of the molecule is CCC(CC)(CNC)Cc1ccc(F)c(F)c1. The van der Waals surface area contributed by atoms with Crippen LogP contribution >= 0.6 is 0 Å². The predicted octanol–water partition coefficient (Wildman–Crippen LogP) is 3.53. The summed E-state index contributed by atoms with van der Waals surface area (Å²) in [6.07, 6.45) is 2.81. The topological polar surface area (TPSA) is 12.0 Å². The lowest BCUT2D eigenvalue weighted by atomic mass is 9.77. The van der Waals surface area contributed by atoms with Gasteiger partial charge in [0.15, 0.2) is 11.6 Å². The Morgan fingerprint density at radius 3 is 2.24 bits per heavy atom. The standard InChI is InChI=1S/C14H21F2N/c1-4-14(5-2,10-17-3)9-11-6-7-12(15)13(16)8-11/h6-8,17H,4-5,9-10H2,1-3H3. The minimum absolute atomic E-state index is 0.124. The fourth-order valence-electron chi connectivity index (χ4n) is 2.27. The average molecular weight is 241 g/mol. The summed E-state index contributed by atoms with van der Waals surface area (Å²) in [6, 6.07) is 4.19. The van der Waals surface area contributed by atoms with E-state index in [9.17, 15) is 8.78 Å². The second-order valence-electron chi connectivity index (χ2n) is 4.66. The molecule has 1 rings (SSSR count). The third-order valence-corrected chi connectivity index (χ3v) is 3.61. The highest BCUT2D eigenvalue weighted by Gasteiger charge is 2.25. The number of benzene rings is 1. The highest BCUT2D eigenvalue weighted by Crippen LogP contribution is 2.30. The van der Waals surface area contributed by atoms with Gasteiger partial charge in [-0.1, -0.05) is 19.9 Å². The molecule has 0 spiro atoms. The zero-order valence-electron chi connectivity index (χ0n) is 10.8. The molecule has 0 fully saturated rings. The number of hydrogen-bond acceptors (Lipinski definition) is 1. The number of nitrogens with one attached hydrogen (secondary N) is 1. The molecule has 0 heterocycles. The van der Waals surface area contributed by atoms with E-state index in [0.717, 1.165) is 31.4 Å². The minimum atomic E-state index is -0.777. The van der Waals surface area contributed by atoms with Gasteiger partial charge < -0.3 is 5.32 Å². The summed E-state index contributed by atoms with van der Waals surface area (Å²) in [4.78, 5) is 0. The van der Waals surface area contributed by atoms with Crippen LogP contribution < -0.4 is 5.32 Å². The summed E-state index contributed by atoms with van der Waals surface area (Å²) < 4.78 is 26.0. The molecule has 0 radical (unpaired) electrons. The Labute approximate surface area is 102 Å². The van der Waals surface area contributed by atoms with Gasteiger partial charge in [0, 0.05) is 6.54 Å². The Morgan fingerprint density at radius 2 is 1.76 bits per heavy atom. The Kier molecular flexibility index (Phi) is 5.06. The van der Waals surface area contributed by atoms with Crippen molar-refractivity contribution in [1.82, 2.24) is 5.32 Å². The van der Waals surface area contributed by atoms with Gasteiger partial charge in [0.1, 0.15) is 0 Å². The molecule has 0 aliphatic rings. The van der Waals surface area contributed by atoms with Crippen LogP contribution in [0.5, 0.6) is 0 Å². The lowest BCUT2D eigenvalue weighted by molar-refractivity contribution is 0.252. The van der Waals surface area contributed by atoms with Crippen LogP contribution in [0.3, 0.4) is 0 Å². The lowest BCUT2D eigenvalue weighted by Crippen LogP contribution is -2.33. The zero-order valence-corrected chi connectivity index (χ0v) is 10.8. The smallest absolute Gasteiger partial charge is 0.159 e. The first-order valence-corrected chi connectivity index (χ1v) is 6.15. The second-order valence-corrected chi connectivity index (χ2v) is 4.66. The molecular weight excluding hydrogens is 220 g/mol. The molecule has 0 aromatic heterocycles. The molecule has 0 bridgehead atoms. The van der Waals surface area contributed by atoms with E-state index >= 15 is 0 Å². The zero-order chi connectivity index (χ0) is 12.9. The summed E-state index contributed by atoms with van der Waals surface area (Å²) in [5, 5.41) is 3.19. The largest absolute Gasteiger partial charge is 0.319 e. The summed E-state index contributed by atoms with van der Waals surface area (Å²) in [6.45, 7) is 5.17. The molecule has 0 amide bonds. The minimum Gasteiger partial charge on any atom is -0.319 e. The van der Waals surface area contributed by atoms with E-state index in [1.165, 1.54) is 12.1 Å². The van der Waals surface area contributed by atoms with Crippen LogP contribution in [0.4, 0.5) is 8.78 Å². The average Bonchev–Trinajstić information content (AvgIpc) is 2.33. The van der Waals surface area contributed by atoms with E-state index in [4.69, 9.17) is 0 Å². The van der Waals surface area contributed by atoms with Crippen LogP contribution in [-0.4, -0.2) is 13.6 Å². The monoisotopic (exact) mass is 241 g/mol. The molecular formula is C14H21F2N. The van der Waals surface area contributed by atoms with E-state index in [1.807, 2.05) is 7.05 Å². The van der Waals surface area contributed by atoms with E-state index < -0.39 is 11.6 Å². The third-order valence-electron chi connectivity index (χ3n) is 3.61. The van der Waals surface area contributed by atoms with Crippen molar-refractivity contribution in [2.24, 2.45) is 5.41 Å². The highest BCUT2D eigenvalue weighted by atomic mass is 19.2. The molecule has 0 unspecified atom stereocenters. The van der Waals surface area contributed by atoms with Crippen molar-refractivity contribution < 1.29 is 8.78 Å². The van der Waals surface area contributed by atoms with Gasteiger partial charge >= 0.3 is 0 Å². The molecule has 1 aromatic rings. The van der Waals surface area contributed by atoms with E-state index in [1.54, 1.807) is 6.07 Å². The Morgan fingerprint density at radius 1 is 1.12 bits per heavy atom. The van der Waals surface area contributed by atoms with Gasteiger partial charge in [0.25, 0.3) is 0 Å². The maximum Gasteiger partial charge on any atom is 0.159 e. The normalized spacial score (nSPS) is 11.8. The Hall–Kier alpha value is -0.960. The molecule has 0 saturated heterocycles. The number of halogens is 2. The first-order chi connectivity index (χ1) is 8.06. The second kappa shape index (κ2) is 6.10. The molecule has 0 aliphatic carbocycles. The third kappa shape index (κ3) is 3.50. The first kappa shape index (κ1) is 14.1. The lowest BCUT2D eigenvalue weighted by Gasteiger charge is -2.31. The first-order valence-electron chi connectivity index (χ1n) is 6.15. The number of hydrogen-bond donors (Lipinski definition) is 1. The van der Waals surface area contributed by atoms with E-state index in [-0.39, 0.29) is 5.41 Å². The van der Waals surface area contributed by atoms with Crippen molar-refractivity contribution in [3.8, 4) is 0 Å². The van der Waals surface area contributed by atoms with Gasteiger partial charge in [0.2, 0.25) is 0 Å². The molecule has 0 aliphatic heterocycles. The van der Waals surface area contributed by atoms with Gasteiger partial charge in [-0.2, -0.15) is 0 Å². The van der Waals surface area contributed by atoms with Crippen molar-refractivity contribution in [2.45, 2.75) is 33.1 Å². The maximum atomic E-state index is 13.2. The van der Waals surface area contributed by atoms with Crippen molar-refractivity contribution >= 4 is 0 Å². The maximum absolute atomic E-state index is 13.2. The van der Waals surface area contributed by atoms with Gasteiger partial charge in [0.05, 0.1) is 0 Å². The summed E-state index contributed by atoms with van der Waals surface area (Å²) >= 11 is 0. The van der Waals surface area contributed by atoms with Gasteiger partial charge in [-0.05, 0) is 49.4 Å². The molecule has 96 valence electrons. The van der Waals surface area contributed by atoms with Crippen LogP contribution in [0.1, 0.15) is 32.3 Å². The van der Waals surface area contributed by atoms with Crippen LogP contribution in [0, 0.1) is 17.0 Å². The summed E-state index contributed by atoms with van der Waals surface area (Å²) in [5.74, 6) is -1.53. The molecule has 3 heteroatoms. The van der Waals surface area contributed by atoms with Crippen molar-refractivity contribution in [3.63, 3.8) is 0 Å². The van der Waals surface area contributed by atoms with Gasteiger partial charge in [-0.25, -0.2) is 8.78 Å². The number of rotatable bonds is 6. The predicted molar refractivity (Wildman–Crippen MR) is 67.0 cm³/mol. The van der Waals surface area contributed by atoms with Crippen molar-refractivity contribution in [3.05, 3.63) is 35.4 Å². The molecule has 0 saturated carbocycles. The van der Waals surface area contributed by atoms with E-state index in [2.05, 4.69) is 19.2 Å². The van der Waals surface area contributed by atoms with Gasteiger partial charge in [-0.15, -0.1) is 0 Å². The quantitative estimate of drug-likeness (QED) is 0.803. The summed E-state index contributed by atoms with van der Waals surface area (Å²) in [5.41, 5.74) is 0.988. The Bertz CT molecular complexity index is 359. The van der Waals surface area contributed by atoms with Crippen LogP contribution in [0.25, 0.3) is 0 Å². The molecule has 1 aromatic carbocycles. The fourth-order valence-corrected chi connectivity index (χ4v) is 2.27. The van der Waals surface area contributed by atoms with Crippen LogP contribution in [0.15, 0.2) is 18.2 Å². The van der Waals surface area contributed by atoms with Crippen molar-refractivity contribution in [1.29, 1.82) is 0 Å². The van der Waals surface area contributed by atoms with Crippen molar-refractivity contribution in [2.75, 3.05) is 13.6 Å². The summed E-state index contributed by atoms with van der Waals surface area (Å²) in [7, 11) is 1.92. The molecule has 0 atom stereocenters. The molecule has 1 N–H and O–H groups in total. The highest BCUT2D eigenvalue weighted by molar-refractivity contribution is 5.19. The van der Waals surface area contributed by atoms with Crippen LogP contribution in [0.2, 0.25) is 0 Å². The van der Waals surface area contributed by atoms with Crippen LogP contribution in [-0.2, 0) is 6.42 Å². The fraction of sp³-hybridized carbons (Fsp3) is 0.571. The van der Waals surface area contributed by atoms with E-state index in [0.29, 0.717) is 0 Å². The van der Waals surface area contributed by atoms with Gasteiger partial charge in [-0.3, -0.25) is 0 Å². The molecule has 1 nitrogen and oxygen atoms in total. The Balaban J connectivity index is 2.89.